The zero-order valence-corrected chi connectivity index (χ0v) is 11.7. The van der Waals surface area contributed by atoms with Crippen molar-refractivity contribution in [1.29, 1.82) is 0 Å². The van der Waals surface area contributed by atoms with Gasteiger partial charge in [0.05, 0.1) is 12.2 Å². The van der Waals surface area contributed by atoms with Crippen LogP contribution in [0.3, 0.4) is 0 Å². The first kappa shape index (κ1) is 14.7. The molecule has 0 fully saturated rings. The van der Waals surface area contributed by atoms with Crippen LogP contribution >= 0.6 is 11.8 Å². The highest BCUT2D eigenvalue weighted by atomic mass is 32.2. The van der Waals surface area contributed by atoms with Gasteiger partial charge >= 0.3 is 5.69 Å². The lowest BCUT2D eigenvalue weighted by Crippen LogP contribution is -2.29. The third-order valence-electron chi connectivity index (χ3n) is 2.09. The van der Waals surface area contributed by atoms with Crippen LogP contribution in [0, 0.1) is 12.8 Å². The number of thioether (sulfide) groups is 1. The molecule has 1 amide bonds. The zero-order valence-electron chi connectivity index (χ0n) is 10.9. The number of hydroxylamine groups is 1. The van der Waals surface area contributed by atoms with Crippen LogP contribution in [-0.4, -0.2) is 28.7 Å². The van der Waals surface area contributed by atoms with Gasteiger partial charge in [-0.15, -0.1) is 11.8 Å². The van der Waals surface area contributed by atoms with Gasteiger partial charge in [0, 0.05) is 5.69 Å². The summed E-state index contributed by atoms with van der Waals surface area (Å²) in [5.74, 6) is -0.0821. The molecule has 1 aromatic rings. The number of rotatable bonds is 5. The molecule has 1 aromatic heterocycles. The second-order valence-corrected chi connectivity index (χ2v) is 4.98. The van der Waals surface area contributed by atoms with E-state index in [2.05, 4.69) is 15.4 Å². The molecule has 0 aliphatic rings. The van der Waals surface area contributed by atoms with Gasteiger partial charge in [0.25, 0.3) is 5.91 Å². The van der Waals surface area contributed by atoms with Crippen LogP contribution in [0.25, 0.3) is 0 Å². The minimum absolute atomic E-state index is 0.320. The van der Waals surface area contributed by atoms with Crippen molar-refractivity contribution in [3.8, 4) is 0 Å². The Morgan fingerprint density at radius 2 is 2.22 bits per heavy atom. The maximum atomic E-state index is 11.9. The second kappa shape index (κ2) is 6.55. The Bertz CT molecular complexity index is 485. The van der Waals surface area contributed by atoms with Crippen LogP contribution in [0.5, 0.6) is 0 Å². The molecule has 0 aliphatic heterocycles. The molecule has 0 aromatic carbocycles. The molecule has 6 nitrogen and oxygen atoms in total. The van der Waals surface area contributed by atoms with Crippen LogP contribution in [0.15, 0.2) is 9.82 Å². The van der Waals surface area contributed by atoms with Crippen molar-refractivity contribution in [2.24, 2.45) is 5.92 Å². The summed E-state index contributed by atoms with van der Waals surface area (Å²) in [5.41, 5.74) is 2.71. The monoisotopic (exact) mass is 271 g/mol. The molecule has 0 saturated carbocycles. The van der Waals surface area contributed by atoms with Crippen molar-refractivity contribution in [2.45, 2.75) is 25.8 Å². The summed E-state index contributed by atoms with van der Waals surface area (Å²) >= 11 is 1.24. The van der Waals surface area contributed by atoms with E-state index in [9.17, 15) is 9.59 Å². The molecular weight excluding hydrogens is 254 g/mol. The fourth-order valence-electron chi connectivity index (χ4n) is 1.30. The summed E-state index contributed by atoms with van der Waals surface area (Å²) < 4.78 is 0. The number of amides is 1. The number of aromatic amines is 1. The van der Waals surface area contributed by atoms with Gasteiger partial charge in [0.1, 0.15) is 5.03 Å². The van der Waals surface area contributed by atoms with Gasteiger partial charge in [-0.3, -0.25) is 9.63 Å². The quantitative estimate of drug-likeness (QED) is 0.476. The molecule has 2 N–H and O–H groups in total. The van der Waals surface area contributed by atoms with E-state index in [-0.39, 0.29) is 0 Å². The van der Waals surface area contributed by atoms with Gasteiger partial charge in [0.15, 0.2) is 0 Å². The lowest BCUT2D eigenvalue weighted by atomic mass is 10.2. The van der Waals surface area contributed by atoms with Crippen molar-refractivity contribution in [2.75, 3.05) is 12.9 Å². The van der Waals surface area contributed by atoms with Crippen LogP contribution in [0.4, 0.5) is 0 Å². The number of nitrogens with one attached hydrogen (secondary N) is 2. The molecule has 1 rings (SSSR count). The number of hydrogen-bond donors (Lipinski definition) is 2. The van der Waals surface area contributed by atoms with E-state index in [1.165, 1.54) is 11.8 Å². The number of hydrogen-bond acceptors (Lipinski definition) is 5. The van der Waals surface area contributed by atoms with E-state index in [0.29, 0.717) is 28.8 Å². The summed E-state index contributed by atoms with van der Waals surface area (Å²) in [5, 5.41) is 0.391. The van der Waals surface area contributed by atoms with Crippen molar-refractivity contribution >= 4 is 17.7 Å². The topological polar surface area (TPSA) is 84.1 Å². The number of carbonyl (C=O) groups is 1. The van der Waals surface area contributed by atoms with E-state index < -0.39 is 11.6 Å². The fourth-order valence-corrected chi connectivity index (χ4v) is 1.92. The average molecular weight is 271 g/mol. The largest absolute Gasteiger partial charge is 0.346 e. The molecule has 0 atom stereocenters. The van der Waals surface area contributed by atoms with Gasteiger partial charge in [-0.1, -0.05) is 13.8 Å². The molecule has 1 heterocycles. The SMILES string of the molecule is CSc1nc(=O)[nH]c(C)c1C(=O)NOCC(C)C. The van der Waals surface area contributed by atoms with E-state index in [1.54, 1.807) is 13.2 Å². The molecule has 0 bridgehead atoms. The van der Waals surface area contributed by atoms with Crippen LogP contribution < -0.4 is 11.2 Å². The van der Waals surface area contributed by atoms with Gasteiger partial charge in [-0.05, 0) is 19.1 Å². The molecule has 7 heteroatoms. The highest BCUT2D eigenvalue weighted by Gasteiger charge is 2.17. The first-order chi connectivity index (χ1) is 8.45. The number of aromatic nitrogens is 2. The number of H-pyrrole nitrogens is 1. The normalized spacial score (nSPS) is 10.7. The van der Waals surface area contributed by atoms with Gasteiger partial charge in [-0.2, -0.15) is 4.98 Å². The lowest BCUT2D eigenvalue weighted by Gasteiger charge is -2.11. The molecular formula is C11H17N3O3S. The molecule has 100 valence electrons. The minimum atomic E-state index is -0.462. The van der Waals surface area contributed by atoms with Gasteiger partial charge < -0.3 is 4.98 Å². The summed E-state index contributed by atoms with van der Waals surface area (Å²) in [6, 6.07) is 0. The van der Waals surface area contributed by atoms with Crippen LogP contribution in [-0.2, 0) is 4.84 Å². The van der Waals surface area contributed by atoms with E-state index >= 15 is 0 Å². The number of nitrogens with zero attached hydrogens (tertiary/aromatic N) is 1. The smallest absolute Gasteiger partial charge is 0.309 e. The Labute approximate surface area is 109 Å². The summed E-state index contributed by atoms with van der Waals surface area (Å²) in [6.45, 7) is 6.04. The first-order valence-corrected chi connectivity index (χ1v) is 6.75. The van der Waals surface area contributed by atoms with Crippen molar-refractivity contribution in [3.63, 3.8) is 0 Å². The van der Waals surface area contributed by atoms with E-state index in [1.807, 2.05) is 13.8 Å². The maximum Gasteiger partial charge on any atom is 0.346 e. The van der Waals surface area contributed by atoms with Gasteiger partial charge in [-0.25, -0.2) is 10.3 Å². The fraction of sp³-hybridized carbons (Fsp3) is 0.545. The molecule has 18 heavy (non-hydrogen) atoms. The van der Waals surface area contributed by atoms with E-state index in [0.717, 1.165) is 0 Å². The molecule has 0 radical (unpaired) electrons. The van der Waals surface area contributed by atoms with E-state index in [4.69, 9.17) is 4.84 Å². The standard InChI is InChI=1S/C11H17N3O3S/c1-6(2)5-17-14-9(15)8-7(3)12-11(16)13-10(8)18-4/h6H,5H2,1-4H3,(H,14,15)(H,12,13,16). The van der Waals surface area contributed by atoms with Gasteiger partial charge in [0.2, 0.25) is 0 Å². The zero-order chi connectivity index (χ0) is 13.7. The third kappa shape index (κ3) is 3.85. The summed E-state index contributed by atoms with van der Waals surface area (Å²) in [7, 11) is 0. The Morgan fingerprint density at radius 1 is 1.56 bits per heavy atom. The Hall–Kier alpha value is -1.34. The minimum Gasteiger partial charge on any atom is -0.309 e. The Balaban J connectivity index is 2.88. The molecule has 0 unspecified atom stereocenters. The third-order valence-corrected chi connectivity index (χ3v) is 2.77. The van der Waals surface area contributed by atoms with Crippen LogP contribution in [0.1, 0.15) is 29.9 Å². The van der Waals surface area contributed by atoms with Crippen LogP contribution in [0.2, 0.25) is 0 Å². The van der Waals surface area contributed by atoms with Crippen molar-refractivity contribution in [1.82, 2.24) is 15.4 Å². The van der Waals surface area contributed by atoms with Crippen molar-refractivity contribution < 1.29 is 9.63 Å². The Kier molecular flexibility index (Phi) is 5.36. The highest BCUT2D eigenvalue weighted by Crippen LogP contribution is 2.17. The molecule has 0 aliphatic carbocycles. The predicted molar refractivity (Wildman–Crippen MR) is 69.6 cm³/mol. The second-order valence-electron chi connectivity index (χ2n) is 4.19. The molecule has 0 spiro atoms. The highest BCUT2D eigenvalue weighted by molar-refractivity contribution is 7.98. The summed E-state index contributed by atoms with van der Waals surface area (Å²) in [6.07, 6.45) is 1.76. The number of carbonyl (C=O) groups excluding carboxylic acids is 1. The average Bonchev–Trinajstić information content (AvgIpc) is 2.26. The maximum absolute atomic E-state index is 11.9. The molecule has 0 saturated heterocycles. The lowest BCUT2D eigenvalue weighted by molar-refractivity contribution is 0.0205. The first-order valence-electron chi connectivity index (χ1n) is 5.52. The summed E-state index contributed by atoms with van der Waals surface area (Å²) in [4.78, 5) is 34.4. The number of aryl methyl sites for hydroxylation is 1. The van der Waals surface area contributed by atoms with Crippen molar-refractivity contribution in [3.05, 3.63) is 21.7 Å². The Morgan fingerprint density at radius 3 is 2.78 bits per heavy atom. The predicted octanol–water partition coefficient (Wildman–Crippen LogP) is 1.12.